The number of hydrogen-bond acceptors (Lipinski definition) is 3. The van der Waals surface area contributed by atoms with Crippen LogP contribution in [0.3, 0.4) is 0 Å². The van der Waals surface area contributed by atoms with E-state index in [1.807, 2.05) is 0 Å². The molecule has 0 unspecified atom stereocenters. The van der Waals surface area contributed by atoms with Crippen molar-refractivity contribution in [2.75, 3.05) is 0 Å². The van der Waals surface area contributed by atoms with Crippen LogP contribution in [0.4, 0.5) is 5.69 Å². The molecular weight excluding hydrogens is 208 g/mol. The van der Waals surface area contributed by atoms with E-state index in [0.717, 1.165) is 5.56 Å². The second-order valence-electron chi connectivity index (χ2n) is 3.34. The van der Waals surface area contributed by atoms with Gasteiger partial charge in [0.25, 0.3) is 5.69 Å². The normalized spacial score (nSPS) is 10.6. The summed E-state index contributed by atoms with van der Waals surface area (Å²) < 4.78 is 0. The molecule has 5 heteroatoms. The highest BCUT2D eigenvalue weighted by atomic mass is 16.6. The first-order valence-corrected chi connectivity index (χ1v) is 4.71. The molecule has 0 aromatic heterocycles. The minimum absolute atomic E-state index is 0.0284. The van der Waals surface area contributed by atoms with Crippen molar-refractivity contribution in [1.82, 2.24) is 0 Å². The number of nitro benzene ring substituents is 1. The zero-order valence-corrected chi connectivity index (χ0v) is 8.84. The summed E-state index contributed by atoms with van der Waals surface area (Å²) >= 11 is 0. The summed E-state index contributed by atoms with van der Waals surface area (Å²) in [6, 6.07) is 4.83. The fraction of sp³-hybridized carbons (Fsp3) is 0.182. The van der Waals surface area contributed by atoms with Gasteiger partial charge in [0.2, 0.25) is 5.91 Å². The molecule has 0 bridgehead atoms. The van der Waals surface area contributed by atoms with Crippen LogP contribution in [0.25, 0.3) is 6.08 Å². The van der Waals surface area contributed by atoms with Crippen LogP contribution >= 0.6 is 0 Å². The maximum absolute atomic E-state index is 10.8. The Bertz CT molecular complexity index is 453. The number of nitrogens with zero attached hydrogens (tertiary/aromatic N) is 1. The Morgan fingerprint density at radius 1 is 1.56 bits per heavy atom. The van der Waals surface area contributed by atoms with Gasteiger partial charge in [-0.2, -0.15) is 0 Å². The first kappa shape index (κ1) is 11.9. The number of benzene rings is 1. The third-order valence-electron chi connectivity index (χ3n) is 2.10. The van der Waals surface area contributed by atoms with Gasteiger partial charge in [-0.1, -0.05) is 24.3 Å². The van der Waals surface area contributed by atoms with E-state index in [9.17, 15) is 14.9 Å². The Hall–Kier alpha value is -2.17. The first-order valence-electron chi connectivity index (χ1n) is 4.71. The van der Waals surface area contributed by atoms with Gasteiger partial charge in [-0.3, -0.25) is 14.9 Å². The topological polar surface area (TPSA) is 86.2 Å². The van der Waals surface area contributed by atoms with Crippen LogP contribution in [0.1, 0.15) is 17.5 Å². The highest BCUT2D eigenvalue weighted by Crippen LogP contribution is 2.23. The fourth-order valence-electron chi connectivity index (χ4n) is 1.33. The van der Waals surface area contributed by atoms with Crippen LogP contribution in [0.5, 0.6) is 0 Å². The summed E-state index contributed by atoms with van der Waals surface area (Å²) in [5.41, 5.74) is 6.29. The summed E-state index contributed by atoms with van der Waals surface area (Å²) in [4.78, 5) is 20.8. The SMILES string of the molecule is Cc1cccc([N+](=O)[O-])c1C=CCC(N)=O. The van der Waals surface area contributed by atoms with Gasteiger partial charge in [-0.25, -0.2) is 0 Å². The standard InChI is InChI=1S/C11H12N2O3/c1-8-4-2-6-10(13(15)16)9(8)5-3-7-11(12)14/h2-6H,7H2,1H3,(H2,12,14). The zero-order valence-electron chi connectivity index (χ0n) is 8.84. The van der Waals surface area contributed by atoms with Crippen LogP contribution in [-0.2, 0) is 4.79 Å². The quantitative estimate of drug-likeness (QED) is 0.619. The highest BCUT2D eigenvalue weighted by molar-refractivity contribution is 5.77. The van der Waals surface area contributed by atoms with E-state index in [4.69, 9.17) is 5.73 Å². The molecule has 0 spiro atoms. The predicted octanol–water partition coefficient (Wildman–Crippen LogP) is 1.79. The predicted molar refractivity (Wildman–Crippen MR) is 60.7 cm³/mol. The van der Waals surface area contributed by atoms with Crippen molar-refractivity contribution in [2.24, 2.45) is 5.73 Å². The molecule has 0 radical (unpaired) electrons. The second-order valence-corrected chi connectivity index (χ2v) is 3.34. The van der Waals surface area contributed by atoms with Gasteiger partial charge >= 0.3 is 0 Å². The maximum atomic E-state index is 10.8. The Kier molecular flexibility index (Phi) is 3.77. The van der Waals surface area contributed by atoms with Gasteiger partial charge < -0.3 is 5.73 Å². The minimum Gasteiger partial charge on any atom is -0.369 e. The van der Waals surface area contributed by atoms with Crippen molar-refractivity contribution in [3.8, 4) is 0 Å². The average molecular weight is 220 g/mol. The minimum atomic E-state index is -0.465. The largest absolute Gasteiger partial charge is 0.369 e. The maximum Gasteiger partial charge on any atom is 0.276 e. The van der Waals surface area contributed by atoms with Crippen LogP contribution < -0.4 is 5.73 Å². The van der Waals surface area contributed by atoms with Crippen molar-refractivity contribution in [1.29, 1.82) is 0 Å². The number of rotatable bonds is 4. The molecule has 0 fully saturated rings. The molecule has 0 atom stereocenters. The zero-order chi connectivity index (χ0) is 12.1. The average Bonchev–Trinajstić information content (AvgIpc) is 2.19. The number of amides is 1. The van der Waals surface area contributed by atoms with Crippen LogP contribution in [0, 0.1) is 17.0 Å². The number of carbonyl (C=O) groups is 1. The molecule has 0 heterocycles. The molecule has 5 nitrogen and oxygen atoms in total. The number of carbonyl (C=O) groups excluding carboxylic acids is 1. The molecular formula is C11H12N2O3. The Morgan fingerprint density at radius 2 is 2.25 bits per heavy atom. The Balaban J connectivity index is 3.06. The van der Waals surface area contributed by atoms with E-state index in [-0.39, 0.29) is 12.1 Å². The number of hydrogen-bond donors (Lipinski definition) is 1. The summed E-state index contributed by atoms with van der Waals surface area (Å²) in [6.07, 6.45) is 3.15. The number of nitrogens with two attached hydrogens (primary N) is 1. The molecule has 0 saturated carbocycles. The molecule has 16 heavy (non-hydrogen) atoms. The summed E-state index contributed by atoms with van der Waals surface area (Å²) in [5.74, 6) is -0.465. The van der Waals surface area contributed by atoms with Gasteiger partial charge in [0.15, 0.2) is 0 Å². The number of nitro groups is 1. The van der Waals surface area contributed by atoms with Gasteiger partial charge in [-0.15, -0.1) is 0 Å². The lowest BCUT2D eigenvalue weighted by Gasteiger charge is -2.01. The lowest BCUT2D eigenvalue weighted by atomic mass is 10.1. The van der Waals surface area contributed by atoms with Crippen LogP contribution in [0.15, 0.2) is 24.3 Å². The summed E-state index contributed by atoms with van der Waals surface area (Å²) in [5, 5.41) is 10.8. The molecule has 2 N–H and O–H groups in total. The molecule has 0 aliphatic rings. The number of aryl methyl sites for hydroxylation is 1. The van der Waals surface area contributed by atoms with Crippen molar-refractivity contribution in [2.45, 2.75) is 13.3 Å². The first-order chi connectivity index (χ1) is 7.52. The van der Waals surface area contributed by atoms with Crippen molar-refractivity contribution in [3.63, 3.8) is 0 Å². The van der Waals surface area contributed by atoms with E-state index in [0.29, 0.717) is 5.56 Å². The molecule has 0 aliphatic carbocycles. The molecule has 0 aliphatic heterocycles. The lowest BCUT2D eigenvalue weighted by Crippen LogP contribution is -2.08. The van der Waals surface area contributed by atoms with Gasteiger partial charge in [0.1, 0.15) is 0 Å². The second kappa shape index (κ2) is 5.06. The molecule has 1 amide bonds. The van der Waals surface area contributed by atoms with Gasteiger partial charge in [-0.05, 0) is 12.5 Å². The molecule has 1 aromatic rings. The highest BCUT2D eigenvalue weighted by Gasteiger charge is 2.12. The van der Waals surface area contributed by atoms with Gasteiger partial charge in [0, 0.05) is 12.5 Å². The van der Waals surface area contributed by atoms with Crippen molar-refractivity contribution >= 4 is 17.7 Å². The van der Waals surface area contributed by atoms with E-state index in [1.165, 1.54) is 12.1 Å². The third-order valence-corrected chi connectivity index (χ3v) is 2.10. The Morgan fingerprint density at radius 3 is 2.81 bits per heavy atom. The molecule has 1 aromatic carbocycles. The van der Waals surface area contributed by atoms with Crippen LogP contribution in [0.2, 0.25) is 0 Å². The lowest BCUT2D eigenvalue weighted by molar-refractivity contribution is -0.385. The Labute approximate surface area is 92.7 Å². The third kappa shape index (κ3) is 2.91. The summed E-state index contributed by atoms with van der Waals surface area (Å²) in [7, 11) is 0. The smallest absolute Gasteiger partial charge is 0.276 e. The molecule has 84 valence electrons. The molecule has 0 saturated heterocycles. The van der Waals surface area contributed by atoms with Crippen LogP contribution in [-0.4, -0.2) is 10.8 Å². The van der Waals surface area contributed by atoms with E-state index < -0.39 is 10.8 Å². The van der Waals surface area contributed by atoms with Crippen molar-refractivity contribution < 1.29 is 9.72 Å². The monoisotopic (exact) mass is 220 g/mol. The van der Waals surface area contributed by atoms with Crippen molar-refractivity contribution in [3.05, 3.63) is 45.5 Å². The van der Waals surface area contributed by atoms with E-state index in [1.54, 1.807) is 25.1 Å². The fourth-order valence-corrected chi connectivity index (χ4v) is 1.33. The molecule has 1 rings (SSSR count). The van der Waals surface area contributed by atoms with E-state index >= 15 is 0 Å². The van der Waals surface area contributed by atoms with E-state index in [2.05, 4.69) is 0 Å². The van der Waals surface area contributed by atoms with Gasteiger partial charge in [0.05, 0.1) is 10.5 Å². The summed E-state index contributed by atoms with van der Waals surface area (Å²) in [6.45, 7) is 1.77. The number of primary amides is 1.